The molecule has 3 amide bonds. The number of nitrogens with zero attached hydrogens (tertiary/aromatic N) is 1. The first-order valence-electron chi connectivity index (χ1n) is 9.20. The maximum Gasteiger partial charge on any atom is 0.321 e. The number of piperidine rings is 1. The van der Waals surface area contributed by atoms with Gasteiger partial charge in [0.1, 0.15) is 0 Å². The fraction of sp³-hybridized carbons (Fsp3) is 0.286. The second kappa shape index (κ2) is 8.56. The Hall–Kier alpha value is -3.35. The standard InChI is InChI=1S/C21H23N3O4/c1-14-17(19(25)22-16-8-3-2-4-9-16)10-5-11-18(14)23-21(28)24-12-6-7-15(13-24)20(26)27/h2-5,8-11,15H,6-7,12-13H2,1H3,(H,22,25)(H,23,28)(H,26,27). The minimum atomic E-state index is -0.881. The number of rotatable bonds is 4. The molecule has 1 aliphatic rings. The smallest absolute Gasteiger partial charge is 0.321 e. The van der Waals surface area contributed by atoms with Gasteiger partial charge in [0, 0.05) is 30.0 Å². The van der Waals surface area contributed by atoms with Crippen molar-refractivity contribution in [2.45, 2.75) is 19.8 Å². The summed E-state index contributed by atoms with van der Waals surface area (Å²) in [6, 6.07) is 13.9. The van der Waals surface area contributed by atoms with Crippen molar-refractivity contribution in [2.24, 2.45) is 5.92 Å². The molecule has 146 valence electrons. The topological polar surface area (TPSA) is 98.7 Å². The van der Waals surface area contributed by atoms with E-state index in [2.05, 4.69) is 10.6 Å². The molecule has 0 bridgehead atoms. The number of likely N-dealkylation sites (tertiary alicyclic amines) is 1. The molecular formula is C21H23N3O4. The third kappa shape index (κ3) is 4.49. The maximum atomic E-state index is 12.6. The van der Waals surface area contributed by atoms with Gasteiger partial charge in [-0.3, -0.25) is 9.59 Å². The highest BCUT2D eigenvalue weighted by Crippen LogP contribution is 2.22. The first-order valence-corrected chi connectivity index (χ1v) is 9.20. The van der Waals surface area contributed by atoms with Gasteiger partial charge in [0.25, 0.3) is 5.91 Å². The molecule has 0 spiro atoms. The molecule has 7 heteroatoms. The zero-order valence-electron chi connectivity index (χ0n) is 15.6. The number of hydrogen-bond donors (Lipinski definition) is 3. The average molecular weight is 381 g/mol. The molecule has 3 rings (SSSR count). The Balaban J connectivity index is 1.71. The Labute approximate surface area is 163 Å². The molecule has 1 unspecified atom stereocenters. The van der Waals surface area contributed by atoms with E-state index in [4.69, 9.17) is 0 Å². The maximum absolute atomic E-state index is 12.6. The minimum absolute atomic E-state index is 0.189. The summed E-state index contributed by atoms with van der Waals surface area (Å²) in [6.07, 6.45) is 1.23. The number of benzene rings is 2. The number of para-hydroxylation sites is 1. The molecule has 3 N–H and O–H groups in total. The molecule has 7 nitrogen and oxygen atoms in total. The van der Waals surface area contributed by atoms with Crippen LogP contribution in [0.2, 0.25) is 0 Å². The van der Waals surface area contributed by atoms with E-state index in [0.717, 1.165) is 0 Å². The molecule has 2 aromatic rings. The van der Waals surface area contributed by atoms with Crippen LogP contribution in [0, 0.1) is 12.8 Å². The van der Waals surface area contributed by atoms with Crippen molar-refractivity contribution in [2.75, 3.05) is 23.7 Å². The fourth-order valence-corrected chi connectivity index (χ4v) is 3.29. The van der Waals surface area contributed by atoms with Gasteiger partial charge < -0.3 is 20.6 Å². The minimum Gasteiger partial charge on any atom is -0.481 e. The summed E-state index contributed by atoms with van der Waals surface area (Å²) in [6.45, 7) is 2.48. The van der Waals surface area contributed by atoms with E-state index < -0.39 is 11.9 Å². The Morgan fingerprint density at radius 2 is 1.79 bits per heavy atom. The molecule has 0 saturated carbocycles. The van der Waals surface area contributed by atoms with Crippen LogP contribution in [0.15, 0.2) is 48.5 Å². The number of anilines is 2. The van der Waals surface area contributed by atoms with Crippen molar-refractivity contribution >= 4 is 29.3 Å². The Kier molecular flexibility index (Phi) is 5.93. The van der Waals surface area contributed by atoms with Gasteiger partial charge in [-0.05, 0) is 49.6 Å². The average Bonchev–Trinajstić information content (AvgIpc) is 2.70. The van der Waals surface area contributed by atoms with Gasteiger partial charge in [0.05, 0.1) is 5.92 Å². The van der Waals surface area contributed by atoms with Gasteiger partial charge in [0.2, 0.25) is 0 Å². The number of hydrogen-bond acceptors (Lipinski definition) is 3. The highest BCUT2D eigenvalue weighted by molar-refractivity contribution is 6.06. The molecular weight excluding hydrogens is 358 g/mol. The van der Waals surface area contributed by atoms with Gasteiger partial charge in [-0.25, -0.2) is 4.79 Å². The van der Waals surface area contributed by atoms with Crippen molar-refractivity contribution in [3.63, 3.8) is 0 Å². The van der Waals surface area contributed by atoms with Crippen LogP contribution in [0.4, 0.5) is 16.2 Å². The molecule has 2 aromatic carbocycles. The molecule has 0 radical (unpaired) electrons. The first kappa shape index (κ1) is 19.4. The quantitative estimate of drug-likeness (QED) is 0.754. The van der Waals surface area contributed by atoms with Crippen LogP contribution in [0.1, 0.15) is 28.8 Å². The lowest BCUT2D eigenvalue weighted by Gasteiger charge is -2.31. The second-order valence-electron chi connectivity index (χ2n) is 6.85. The van der Waals surface area contributed by atoms with Crippen molar-refractivity contribution in [3.8, 4) is 0 Å². The van der Waals surface area contributed by atoms with Crippen molar-refractivity contribution < 1.29 is 19.5 Å². The number of nitrogens with one attached hydrogen (secondary N) is 2. The van der Waals surface area contributed by atoms with E-state index in [1.807, 2.05) is 18.2 Å². The summed E-state index contributed by atoms with van der Waals surface area (Å²) in [7, 11) is 0. The van der Waals surface area contributed by atoms with Crippen molar-refractivity contribution in [3.05, 3.63) is 59.7 Å². The third-order valence-electron chi connectivity index (χ3n) is 4.91. The van der Waals surface area contributed by atoms with E-state index >= 15 is 0 Å². The van der Waals surface area contributed by atoms with Gasteiger partial charge in [-0.1, -0.05) is 24.3 Å². The lowest BCUT2D eigenvalue weighted by molar-refractivity contribution is -0.143. The van der Waals surface area contributed by atoms with Crippen LogP contribution in [0.5, 0.6) is 0 Å². The highest BCUT2D eigenvalue weighted by atomic mass is 16.4. The number of amides is 3. The van der Waals surface area contributed by atoms with Gasteiger partial charge in [0.15, 0.2) is 0 Å². The van der Waals surface area contributed by atoms with Crippen LogP contribution < -0.4 is 10.6 Å². The van der Waals surface area contributed by atoms with E-state index in [1.54, 1.807) is 37.3 Å². The Morgan fingerprint density at radius 1 is 1.04 bits per heavy atom. The van der Waals surface area contributed by atoms with Crippen LogP contribution in [0.3, 0.4) is 0 Å². The zero-order valence-corrected chi connectivity index (χ0v) is 15.6. The lowest BCUT2D eigenvalue weighted by atomic mass is 9.99. The number of urea groups is 1. The SMILES string of the molecule is Cc1c(NC(=O)N2CCCC(C(=O)O)C2)cccc1C(=O)Nc1ccccc1. The zero-order chi connectivity index (χ0) is 20.1. The van der Waals surface area contributed by atoms with Gasteiger partial charge in [-0.2, -0.15) is 0 Å². The summed E-state index contributed by atoms with van der Waals surface area (Å²) in [5.74, 6) is -1.68. The summed E-state index contributed by atoms with van der Waals surface area (Å²) in [5.41, 5.74) is 2.33. The summed E-state index contributed by atoms with van der Waals surface area (Å²) >= 11 is 0. The van der Waals surface area contributed by atoms with Crippen LogP contribution >= 0.6 is 0 Å². The largest absolute Gasteiger partial charge is 0.481 e. The number of carboxylic acids is 1. The van der Waals surface area contributed by atoms with Crippen LogP contribution in [0.25, 0.3) is 0 Å². The molecule has 1 saturated heterocycles. The molecule has 0 aromatic heterocycles. The highest BCUT2D eigenvalue weighted by Gasteiger charge is 2.28. The number of carboxylic acid groups (broad SMARTS) is 1. The Bertz CT molecular complexity index is 882. The predicted molar refractivity (Wildman–Crippen MR) is 107 cm³/mol. The normalized spacial score (nSPS) is 16.3. The fourth-order valence-electron chi connectivity index (χ4n) is 3.29. The number of carbonyl (C=O) groups is 3. The molecule has 1 atom stereocenters. The third-order valence-corrected chi connectivity index (χ3v) is 4.91. The van der Waals surface area contributed by atoms with E-state index in [0.29, 0.717) is 41.9 Å². The monoisotopic (exact) mass is 381 g/mol. The van der Waals surface area contributed by atoms with Crippen LogP contribution in [-0.2, 0) is 4.79 Å². The van der Waals surface area contributed by atoms with Gasteiger partial charge >= 0.3 is 12.0 Å². The number of carbonyl (C=O) groups excluding carboxylic acids is 2. The predicted octanol–water partition coefficient (Wildman–Crippen LogP) is 3.58. The molecule has 1 fully saturated rings. The second-order valence-corrected chi connectivity index (χ2v) is 6.85. The summed E-state index contributed by atoms with van der Waals surface area (Å²) in [4.78, 5) is 37.9. The lowest BCUT2D eigenvalue weighted by Crippen LogP contribution is -2.44. The van der Waals surface area contributed by atoms with Gasteiger partial charge in [-0.15, -0.1) is 0 Å². The van der Waals surface area contributed by atoms with Crippen molar-refractivity contribution in [1.29, 1.82) is 0 Å². The van der Waals surface area contributed by atoms with E-state index in [-0.39, 0.29) is 18.5 Å². The van der Waals surface area contributed by atoms with E-state index in [9.17, 15) is 19.5 Å². The number of aliphatic carboxylic acids is 1. The molecule has 1 heterocycles. The van der Waals surface area contributed by atoms with E-state index in [1.165, 1.54) is 4.90 Å². The molecule has 1 aliphatic heterocycles. The van der Waals surface area contributed by atoms with Crippen LogP contribution in [-0.4, -0.2) is 41.0 Å². The molecule has 28 heavy (non-hydrogen) atoms. The van der Waals surface area contributed by atoms with Crippen molar-refractivity contribution in [1.82, 2.24) is 4.90 Å². The first-order chi connectivity index (χ1) is 13.5. The summed E-state index contributed by atoms with van der Waals surface area (Å²) in [5, 5.41) is 14.8. The summed E-state index contributed by atoms with van der Waals surface area (Å²) < 4.78 is 0. The molecule has 0 aliphatic carbocycles. The Morgan fingerprint density at radius 3 is 2.50 bits per heavy atom.